The Hall–Kier alpha value is -1.61. The number of esters is 1. The number of nitrogens with zero attached hydrogens (tertiary/aromatic N) is 1. The van der Waals surface area contributed by atoms with Crippen LogP contribution in [0.25, 0.3) is 6.08 Å². The van der Waals surface area contributed by atoms with Gasteiger partial charge in [-0.15, -0.1) is 0 Å². The largest absolute Gasteiger partial charge is 0.461 e. The molecule has 0 atom stereocenters. The SMILES string of the molecule is CCN(CC)CCOC(=O)C=Cc1ccccc1. The third-order valence-corrected chi connectivity index (χ3v) is 2.76. The summed E-state index contributed by atoms with van der Waals surface area (Å²) >= 11 is 0. The van der Waals surface area contributed by atoms with Gasteiger partial charge in [-0.2, -0.15) is 0 Å². The van der Waals surface area contributed by atoms with E-state index in [1.54, 1.807) is 6.08 Å². The van der Waals surface area contributed by atoms with Crippen molar-refractivity contribution in [2.45, 2.75) is 13.8 Å². The molecule has 0 N–H and O–H groups in total. The average Bonchev–Trinajstić information content (AvgIpc) is 2.42. The second-order valence-corrected chi connectivity index (χ2v) is 3.94. The summed E-state index contributed by atoms with van der Waals surface area (Å²) in [4.78, 5) is 13.7. The topological polar surface area (TPSA) is 29.5 Å². The highest BCUT2D eigenvalue weighted by molar-refractivity contribution is 5.86. The Kier molecular flexibility index (Phi) is 6.81. The fourth-order valence-corrected chi connectivity index (χ4v) is 1.59. The standard InChI is InChI=1S/C15H21NO2/c1-3-16(4-2)12-13-18-15(17)11-10-14-8-6-5-7-9-14/h5-11H,3-4,12-13H2,1-2H3. The lowest BCUT2D eigenvalue weighted by Crippen LogP contribution is -2.27. The maximum absolute atomic E-state index is 11.4. The normalized spacial score (nSPS) is 11.1. The molecule has 0 amide bonds. The molecule has 0 bridgehead atoms. The number of carbonyl (C=O) groups excluding carboxylic acids is 1. The molecule has 0 unspecified atom stereocenters. The second-order valence-electron chi connectivity index (χ2n) is 3.94. The number of ether oxygens (including phenoxy) is 1. The molecule has 0 saturated heterocycles. The molecule has 98 valence electrons. The van der Waals surface area contributed by atoms with Gasteiger partial charge in [0.1, 0.15) is 6.61 Å². The van der Waals surface area contributed by atoms with E-state index >= 15 is 0 Å². The fourth-order valence-electron chi connectivity index (χ4n) is 1.59. The van der Waals surface area contributed by atoms with Crippen molar-refractivity contribution in [2.24, 2.45) is 0 Å². The fraction of sp³-hybridized carbons (Fsp3) is 0.400. The Morgan fingerprint density at radius 1 is 1.22 bits per heavy atom. The third-order valence-electron chi connectivity index (χ3n) is 2.76. The molecule has 0 aliphatic heterocycles. The van der Waals surface area contributed by atoms with Crippen LogP contribution in [-0.2, 0) is 9.53 Å². The van der Waals surface area contributed by atoms with Crippen LogP contribution in [0.15, 0.2) is 36.4 Å². The van der Waals surface area contributed by atoms with Gasteiger partial charge in [0.05, 0.1) is 0 Å². The molecule has 0 heterocycles. The number of rotatable bonds is 7. The van der Waals surface area contributed by atoms with Crippen molar-refractivity contribution in [3.8, 4) is 0 Å². The van der Waals surface area contributed by atoms with Crippen molar-refractivity contribution in [3.05, 3.63) is 42.0 Å². The van der Waals surface area contributed by atoms with Crippen LogP contribution >= 0.6 is 0 Å². The zero-order valence-electron chi connectivity index (χ0n) is 11.1. The van der Waals surface area contributed by atoms with Crippen molar-refractivity contribution in [1.29, 1.82) is 0 Å². The minimum absolute atomic E-state index is 0.286. The number of hydrogen-bond donors (Lipinski definition) is 0. The van der Waals surface area contributed by atoms with Crippen LogP contribution in [0.5, 0.6) is 0 Å². The van der Waals surface area contributed by atoms with Crippen LogP contribution in [0, 0.1) is 0 Å². The van der Waals surface area contributed by atoms with Gasteiger partial charge >= 0.3 is 5.97 Å². The molecule has 0 aliphatic carbocycles. The molecule has 0 saturated carbocycles. The molecule has 1 aromatic rings. The first-order chi connectivity index (χ1) is 8.76. The second kappa shape index (κ2) is 8.48. The van der Waals surface area contributed by atoms with Crippen LogP contribution in [0.3, 0.4) is 0 Å². The highest BCUT2D eigenvalue weighted by Crippen LogP contribution is 2.01. The lowest BCUT2D eigenvalue weighted by atomic mass is 10.2. The number of benzene rings is 1. The molecule has 1 rings (SSSR count). The Morgan fingerprint density at radius 3 is 2.50 bits per heavy atom. The van der Waals surface area contributed by atoms with E-state index in [-0.39, 0.29) is 5.97 Å². The summed E-state index contributed by atoms with van der Waals surface area (Å²) in [7, 11) is 0. The summed E-state index contributed by atoms with van der Waals surface area (Å²) in [5.74, 6) is -0.286. The van der Waals surface area contributed by atoms with E-state index in [4.69, 9.17) is 4.74 Å². The molecular formula is C15H21NO2. The summed E-state index contributed by atoms with van der Waals surface area (Å²) < 4.78 is 5.13. The smallest absolute Gasteiger partial charge is 0.330 e. The molecule has 0 spiro atoms. The van der Waals surface area contributed by atoms with Gasteiger partial charge in [0, 0.05) is 12.6 Å². The van der Waals surface area contributed by atoms with Crippen molar-refractivity contribution >= 4 is 12.0 Å². The quantitative estimate of drug-likeness (QED) is 0.548. The zero-order valence-corrected chi connectivity index (χ0v) is 11.1. The molecule has 1 aromatic carbocycles. The van der Waals surface area contributed by atoms with Gasteiger partial charge in [0.15, 0.2) is 0 Å². The van der Waals surface area contributed by atoms with Crippen molar-refractivity contribution in [2.75, 3.05) is 26.2 Å². The monoisotopic (exact) mass is 247 g/mol. The van der Waals surface area contributed by atoms with E-state index in [9.17, 15) is 4.79 Å². The van der Waals surface area contributed by atoms with E-state index < -0.39 is 0 Å². The van der Waals surface area contributed by atoms with Crippen LogP contribution < -0.4 is 0 Å². The van der Waals surface area contributed by atoms with Gasteiger partial charge in [0.2, 0.25) is 0 Å². The minimum Gasteiger partial charge on any atom is -0.461 e. The van der Waals surface area contributed by atoms with Crippen LogP contribution in [0.2, 0.25) is 0 Å². The Balaban J connectivity index is 2.28. The summed E-state index contributed by atoms with van der Waals surface area (Å²) in [5, 5.41) is 0. The van der Waals surface area contributed by atoms with E-state index in [0.29, 0.717) is 6.61 Å². The molecule has 0 fully saturated rings. The first kappa shape index (κ1) is 14.5. The van der Waals surface area contributed by atoms with E-state index in [1.165, 1.54) is 6.08 Å². The third kappa shape index (κ3) is 5.64. The van der Waals surface area contributed by atoms with E-state index in [2.05, 4.69) is 18.7 Å². The highest BCUT2D eigenvalue weighted by atomic mass is 16.5. The first-order valence-electron chi connectivity index (χ1n) is 6.38. The lowest BCUT2D eigenvalue weighted by molar-refractivity contribution is -0.138. The van der Waals surface area contributed by atoms with Crippen molar-refractivity contribution in [3.63, 3.8) is 0 Å². The number of likely N-dealkylation sites (N-methyl/N-ethyl adjacent to an activating group) is 1. The van der Waals surface area contributed by atoms with Crippen molar-refractivity contribution < 1.29 is 9.53 Å². The van der Waals surface area contributed by atoms with Gasteiger partial charge in [-0.3, -0.25) is 0 Å². The predicted molar refractivity (Wildman–Crippen MR) is 74.2 cm³/mol. The molecule has 3 heteroatoms. The molecular weight excluding hydrogens is 226 g/mol. The molecule has 0 radical (unpaired) electrons. The summed E-state index contributed by atoms with van der Waals surface area (Å²) in [6.45, 7) is 7.39. The highest BCUT2D eigenvalue weighted by Gasteiger charge is 2.01. The Bertz CT molecular complexity index is 369. The zero-order chi connectivity index (χ0) is 13.2. The van der Waals surface area contributed by atoms with Gasteiger partial charge in [-0.05, 0) is 24.7 Å². The summed E-state index contributed by atoms with van der Waals surface area (Å²) in [5.41, 5.74) is 0.998. The Labute approximate surface area is 109 Å². The van der Waals surface area contributed by atoms with Gasteiger partial charge < -0.3 is 9.64 Å². The molecule has 18 heavy (non-hydrogen) atoms. The van der Waals surface area contributed by atoms with Crippen LogP contribution in [0.1, 0.15) is 19.4 Å². The predicted octanol–water partition coefficient (Wildman–Crippen LogP) is 2.58. The number of carbonyl (C=O) groups is 1. The maximum atomic E-state index is 11.4. The Morgan fingerprint density at radius 2 is 1.89 bits per heavy atom. The molecule has 0 aliphatic rings. The first-order valence-corrected chi connectivity index (χ1v) is 6.38. The van der Waals surface area contributed by atoms with E-state index in [0.717, 1.165) is 25.2 Å². The average molecular weight is 247 g/mol. The van der Waals surface area contributed by atoms with Crippen LogP contribution in [-0.4, -0.2) is 37.1 Å². The molecule has 0 aromatic heterocycles. The molecule has 3 nitrogen and oxygen atoms in total. The van der Waals surface area contributed by atoms with E-state index in [1.807, 2.05) is 30.3 Å². The lowest BCUT2D eigenvalue weighted by Gasteiger charge is -2.16. The van der Waals surface area contributed by atoms with Crippen LogP contribution in [0.4, 0.5) is 0 Å². The van der Waals surface area contributed by atoms with Gasteiger partial charge in [-0.1, -0.05) is 44.2 Å². The van der Waals surface area contributed by atoms with Gasteiger partial charge in [0.25, 0.3) is 0 Å². The minimum atomic E-state index is -0.286. The number of hydrogen-bond acceptors (Lipinski definition) is 3. The van der Waals surface area contributed by atoms with Gasteiger partial charge in [-0.25, -0.2) is 4.79 Å². The maximum Gasteiger partial charge on any atom is 0.330 e. The summed E-state index contributed by atoms with van der Waals surface area (Å²) in [6, 6.07) is 9.70. The summed E-state index contributed by atoms with van der Waals surface area (Å²) in [6.07, 6.45) is 3.23. The van der Waals surface area contributed by atoms with Crippen molar-refractivity contribution in [1.82, 2.24) is 4.90 Å².